The van der Waals surface area contributed by atoms with Crippen LogP contribution in [0.1, 0.15) is 16.5 Å². The lowest BCUT2D eigenvalue weighted by atomic mass is 10.1. The number of ether oxygens (including phenoxy) is 2. The summed E-state index contributed by atoms with van der Waals surface area (Å²) >= 11 is 1.53. The van der Waals surface area contributed by atoms with Gasteiger partial charge in [0.2, 0.25) is 0 Å². The Labute approximate surface area is 104 Å². The van der Waals surface area contributed by atoms with Gasteiger partial charge < -0.3 is 15.2 Å². The number of thiazole rings is 1. The van der Waals surface area contributed by atoms with E-state index >= 15 is 0 Å². The lowest BCUT2D eigenvalue weighted by Crippen LogP contribution is -2.11. The summed E-state index contributed by atoms with van der Waals surface area (Å²) in [6.07, 6.45) is 1.77. The zero-order chi connectivity index (χ0) is 12.3. The molecular weight excluding hydrogens is 236 g/mol. The zero-order valence-electron chi connectivity index (χ0n) is 9.71. The second kappa shape index (κ2) is 5.16. The molecule has 2 aromatic rings. The number of nitrogens with zero attached hydrogens (tertiary/aromatic N) is 1. The Kier molecular flexibility index (Phi) is 3.61. The van der Waals surface area contributed by atoms with Crippen LogP contribution >= 0.6 is 11.3 Å². The summed E-state index contributed by atoms with van der Waals surface area (Å²) in [4.78, 5) is 5.03. The van der Waals surface area contributed by atoms with Crippen LogP contribution < -0.4 is 15.2 Å². The van der Waals surface area contributed by atoms with E-state index in [2.05, 4.69) is 4.98 Å². The van der Waals surface area contributed by atoms with Crippen LogP contribution in [0.4, 0.5) is 0 Å². The summed E-state index contributed by atoms with van der Waals surface area (Å²) < 4.78 is 10.5. The van der Waals surface area contributed by atoms with Gasteiger partial charge in [-0.05, 0) is 18.2 Å². The Balaban J connectivity index is 2.41. The number of methoxy groups -OCH3 is 2. The number of hydrogen-bond donors (Lipinski definition) is 1. The first-order chi connectivity index (χ1) is 8.26. The smallest absolute Gasteiger partial charge is 0.124 e. The van der Waals surface area contributed by atoms with E-state index in [4.69, 9.17) is 15.2 Å². The van der Waals surface area contributed by atoms with Gasteiger partial charge in [-0.3, -0.25) is 4.98 Å². The summed E-state index contributed by atoms with van der Waals surface area (Å²) in [7, 11) is 3.26. The van der Waals surface area contributed by atoms with Crippen LogP contribution in [0.25, 0.3) is 0 Å². The summed E-state index contributed by atoms with van der Waals surface area (Å²) in [6, 6.07) is 5.35. The molecule has 17 heavy (non-hydrogen) atoms. The highest BCUT2D eigenvalue weighted by molar-refractivity contribution is 7.09. The molecule has 0 amide bonds. The minimum absolute atomic E-state index is 0.243. The molecule has 2 N–H and O–H groups in total. The van der Waals surface area contributed by atoms with Crippen molar-refractivity contribution in [3.63, 3.8) is 0 Å². The van der Waals surface area contributed by atoms with E-state index in [1.807, 2.05) is 18.2 Å². The maximum Gasteiger partial charge on any atom is 0.124 e. The quantitative estimate of drug-likeness (QED) is 0.903. The Bertz CT molecular complexity index is 485. The third-order valence-corrected chi connectivity index (χ3v) is 3.39. The molecule has 1 heterocycles. The van der Waals surface area contributed by atoms with E-state index in [0.29, 0.717) is 0 Å². The van der Waals surface area contributed by atoms with E-state index in [9.17, 15) is 0 Å². The second-order valence-corrected chi connectivity index (χ2v) is 4.41. The fraction of sp³-hybridized carbons (Fsp3) is 0.250. The molecule has 0 aliphatic rings. The topological polar surface area (TPSA) is 57.4 Å². The van der Waals surface area contributed by atoms with Crippen molar-refractivity contribution >= 4 is 11.3 Å². The summed E-state index contributed by atoms with van der Waals surface area (Å²) in [5.41, 5.74) is 8.86. The Hall–Kier alpha value is -1.59. The molecule has 1 aromatic carbocycles. The van der Waals surface area contributed by atoms with Crippen molar-refractivity contribution in [2.24, 2.45) is 5.73 Å². The maximum absolute atomic E-state index is 6.20. The lowest BCUT2D eigenvalue weighted by Gasteiger charge is -2.15. The van der Waals surface area contributed by atoms with Gasteiger partial charge in [-0.2, -0.15) is 0 Å². The van der Waals surface area contributed by atoms with Crippen molar-refractivity contribution < 1.29 is 9.47 Å². The molecule has 1 unspecified atom stereocenters. The first-order valence-corrected chi connectivity index (χ1v) is 6.00. The number of rotatable bonds is 4. The molecule has 0 radical (unpaired) electrons. The molecule has 0 aliphatic heterocycles. The Morgan fingerprint density at radius 3 is 2.71 bits per heavy atom. The predicted molar refractivity (Wildman–Crippen MR) is 67.7 cm³/mol. The standard InChI is InChI=1S/C12H14N2O2S/c1-15-8-3-4-10(16-2)9(5-8)12(13)11-6-14-7-17-11/h3-7,12H,13H2,1-2H3. The van der Waals surface area contributed by atoms with E-state index in [1.54, 1.807) is 25.9 Å². The predicted octanol–water partition coefficient (Wildman–Crippen LogP) is 2.21. The molecule has 2 rings (SSSR count). The van der Waals surface area contributed by atoms with Gasteiger partial charge >= 0.3 is 0 Å². The zero-order valence-corrected chi connectivity index (χ0v) is 10.5. The van der Waals surface area contributed by atoms with Crippen molar-refractivity contribution in [3.8, 4) is 11.5 Å². The van der Waals surface area contributed by atoms with E-state index in [0.717, 1.165) is 21.9 Å². The number of benzene rings is 1. The third kappa shape index (κ3) is 2.40. The van der Waals surface area contributed by atoms with Gasteiger partial charge in [-0.1, -0.05) is 0 Å². The maximum atomic E-state index is 6.20. The highest BCUT2D eigenvalue weighted by Crippen LogP contribution is 2.32. The summed E-state index contributed by atoms with van der Waals surface area (Å²) in [6.45, 7) is 0. The summed E-state index contributed by atoms with van der Waals surface area (Å²) in [5.74, 6) is 1.52. The van der Waals surface area contributed by atoms with Gasteiger partial charge in [0.1, 0.15) is 11.5 Å². The van der Waals surface area contributed by atoms with Crippen molar-refractivity contribution in [2.75, 3.05) is 14.2 Å². The van der Waals surface area contributed by atoms with Crippen molar-refractivity contribution in [2.45, 2.75) is 6.04 Å². The fourth-order valence-corrected chi connectivity index (χ4v) is 2.25. The molecule has 5 heteroatoms. The molecule has 90 valence electrons. The highest BCUT2D eigenvalue weighted by atomic mass is 32.1. The van der Waals surface area contributed by atoms with Crippen LogP contribution in [0.2, 0.25) is 0 Å². The molecule has 0 saturated carbocycles. The van der Waals surface area contributed by atoms with Gasteiger partial charge in [-0.15, -0.1) is 11.3 Å². The molecule has 1 aromatic heterocycles. The number of nitrogens with two attached hydrogens (primary N) is 1. The highest BCUT2D eigenvalue weighted by Gasteiger charge is 2.16. The molecule has 0 spiro atoms. The van der Waals surface area contributed by atoms with Gasteiger partial charge in [0.25, 0.3) is 0 Å². The molecular formula is C12H14N2O2S. The Morgan fingerprint density at radius 2 is 2.12 bits per heavy atom. The molecule has 1 atom stereocenters. The first kappa shape index (κ1) is 11.9. The average molecular weight is 250 g/mol. The van der Waals surface area contributed by atoms with Crippen LogP contribution in [0.3, 0.4) is 0 Å². The second-order valence-electron chi connectivity index (χ2n) is 3.49. The third-order valence-electron chi connectivity index (χ3n) is 2.53. The molecule has 0 saturated heterocycles. The molecule has 0 aliphatic carbocycles. The van der Waals surface area contributed by atoms with Gasteiger partial charge in [0.05, 0.1) is 25.8 Å². The van der Waals surface area contributed by atoms with Gasteiger partial charge in [0.15, 0.2) is 0 Å². The lowest BCUT2D eigenvalue weighted by molar-refractivity contribution is 0.397. The van der Waals surface area contributed by atoms with E-state index < -0.39 is 0 Å². The molecule has 4 nitrogen and oxygen atoms in total. The van der Waals surface area contributed by atoms with Crippen LogP contribution in [-0.4, -0.2) is 19.2 Å². The minimum atomic E-state index is -0.243. The monoisotopic (exact) mass is 250 g/mol. The number of aromatic nitrogens is 1. The van der Waals surface area contributed by atoms with Crippen LogP contribution in [0.5, 0.6) is 11.5 Å². The minimum Gasteiger partial charge on any atom is -0.497 e. The van der Waals surface area contributed by atoms with Crippen LogP contribution in [-0.2, 0) is 0 Å². The van der Waals surface area contributed by atoms with E-state index in [-0.39, 0.29) is 6.04 Å². The fourth-order valence-electron chi connectivity index (χ4n) is 1.61. The summed E-state index contributed by atoms with van der Waals surface area (Å²) in [5, 5.41) is 0. The van der Waals surface area contributed by atoms with Crippen molar-refractivity contribution in [1.29, 1.82) is 0 Å². The molecule has 0 bridgehead atoms. The average Bonchev–Trinajstić information content (AvgIpc) is 2.91. The number of hydrogen-bond acceptors (Lipinski definition) is 5. The van der Waals surface area contributed by atoms with E-state index in [1.165, 1.54) is 11.3 Å². The first-order valence-electron chi connectivity index (χ1n) is 5.12. The van der Waals surface area contributed by atoms with Gasteiger partial charge in [0, 0.05) is 16.6 Å². The SMILES string of the molecule is COc1ccc(OC)c(C(N)c2cncs2)c1. The van der Waals surface area contributed by atoms with Crippen molar-refractivity contribution in [1.82, 2.24) is 4.98 Å². The van der Waals surface area contributed by atoms with Crippen LogP contribution in [0.15, 0.2) is 29.9 Å². The van der Waals surface area contributed by atoms with Gasteiger partial charge in [-0.25, -0.2) is 0 Å². The largest absolute Gasteiger partial charge is 0.497 e. The Morgan fingerprint density at radius 1 is 1.29 bits per heavy atom. The molecule has 0 fully saturated rings. The van der Waals surface area contributed by atoms with Crippen molar-refractivity contribution in [3.05, 3.63) is 40.3 Å². The normalized spacial score (nSPS) is 12.2. The van der Waals surface area contributed by atoms with Crippen LogP contribution in [0, 0.1) is 0 Å².